The van der Waals surface area contributed by atoms with Gasteiger partial charge in [0.25, 0.3) is 0 Å². The highest BCUT2D eigenvalue weighted by atomic mass is 16.2. The number of H-pyrrole nitrogens is 1. The number of rotatable bonds is 4. The number of aliphatic imine (C=N–C) groups is 1. The third kappa shape index (κ3) is 3.21. The zero-order chi connectivity index (χ0) is 17.2. The van der Waals surface area contributed by atoms with Crippen LogP contribution in [0.2, 0.25) is 0 Å². The normalized spacial score (nSPS) is 16.2. The first-order valence-corrected chi connectivity index (χ1v) is 8.23. The van der Waals surface area contributed by atoms with Crippen molar-refractivity contribution >= 4 is 23.6 Å². The molecule has 25 heavy (non-hydrogen) atoms. The molecule has 4 rings (SSSR count). The topological polar surface area (TPSA) is 70.1 Å². The summed E-state index contributed by atoms with van der Waals surface area (Å²) >= 11 is 0. The summed E-state index contributed by atoms with van der Waals surface area (Å²) in [6, 6.07) is 18.0. The Labute approximate surface area is 145 Å². The minimum Gasteiger partial charge on any atom is -0.325 e. The van der Waals surface area contributed by atoms with Crippen LogP contribution in [0.5, 0.6) is 0 Å². The molecule has 1 unspecified atom stereocenters. The Morgan fingerprint density at radius 2 is 2.04 bits per heavy atom. The Kier molecular flexibility index (Phi) is 3.90. The van der Waals surface area contributed by atoms with Gasteiger partial charge >= 0.3 is 0 Å². The Balaban J connectivity index is 1.50. The molecule has 1 aliphatic heterocycles. The van der Waals surface area contributed by atoms with Crippen molar-refractivity contribution in [2.24, 2.45) is 4.99 Å². The lowest BCUT2D eigenvalue weighted by molar-refractivity contribution is -0.115. The molecular weight excluding hydrogens is 312 g/mol. The highest BCUT2D eigenvalue weighted by molar-refractivity contribution is 6.12. The van der Waals surface area contributed by atoms with Gasteiger partial charge in [-0.05, 0) is 24.1 Å². The second-order valence-corrected chi connectivity index (χ2v) is 6.25. The zero-order valence-electron chi connectivity index (χ0n) is 13.9. The molecule has 1 aliphatic rings. The lowest BCUT2D eigenvalue weighted by Gasteiger charge is -2.00. The average Bonchev–Trinajstić information content (AvgIpc) is 3.16. The number of aromatic nitrogens is 2. The predicted octanol–water partition coefficient (Wildman–Crippen LogP) is 3.75. The van der Waals surface area contributed by atoms with Crippen LogP contribution >= 0.6 is 0 Å². The van der Waals surface area contributed by atoms with Gasteiger partial charge in [0.15, 0.2) is 5.82 Å². The summed E-state index contributed by atoms with van der Waals surface area (Å²) in [7, 11) is 0. The van der Waals surface area contributed by atoms with E-state index in [-0.39, 0.29) is 11.8 Å². The van der Waals surface area contributed by atoms with Crippen molar-refractivity contribution in [2.75, 3.05) is 5.32 Å². The number of benzene rings is 2. The highest BCUT2D eigenvalue weighted by Gasteiger charge is 2.28. The minimum atomic E-state index is -0.367. The number of nitrogens with one attached hydrogen (secondary N) is 2. The monoisotopic (exact) mass is 330 g/mol. The average molecular weight is 330 g/mol. The molecule has 0 radical (unpaired) electrons. The molecule has 0 spiro atoms. The number of aromatic amines is 1. The van der Waals surface area contributed by atoms with Crippen LogP contribution in [0.15, 0.2) is 59.6 Å². The number of anilines is 1. The quantitative estimate of drug-likeness (QED) is 0.715. The maximum absolute atomic E-state index is 12.1. The number of hydrogen-bond acceptors (Lipinski definition) is 3. The van der Waals surface area contributed by atoms with E-state index in [1.807, 2.05) is 30.3 Å². The van der Waals surface area contributed by atoms with Crippen molar-refractivity contribution in [1.82, 2.24) is 10.2 Å². The van der Waals surface area contributed by atoms with Gasteiger partial charge in [-0.25, -0.2) is 4.99 Å². The smallest absolute Gasteiger partial charge is 0.237 e. The number of carbonyl (C=O) groups is 1. The zero-order valence-corrected chi connectivity index (χ0v) is 13.9. The maximum Gasteiger partial charge on any atom is 0.237 e. The highest BCUT2D eigenvalue weighted by Crippen LogP contribution is 2.31. The summed E-state index contributed by atoms with van der Waals surface area (Å²) < 4.78 is 0. The molecule has 0 bridgehead atoms. The van der Waals surface area contributed by atoms with Crippen LogP contribution in [0, 0.1) is 6.92 Å². The first-order chi connectivity index (χ1) is 12.2. The number of fused-ring (bicyclic) bond motifs is 1. The first-order valence-electron chi connectivity index (χ1n) is 8.23. The van der Waals surface area contributed by atoms with E-state index in [0.29, 0.717) is 5.82 Å². The molecule has 0 fully saturated rings. The fourth-order valence-corrected chi connectivity index (χ4v) is 3.08. The summed E-state index contributed by atoms with van der Waals surface area (Å²) in [4.78, 5) is 16.5. The molecule has 1 aromatic heterocycles. The second kappa shape index (κ2) is 6.36. The Hall–Kier alpha value is -3.21. The van der Waals surface area contributed by atoms with E-state index in [1.165, 1.54) is 11.1 Å². The number of amides is 1. The van der Waals surface area contributed by atoms with Crippen LogP contribution in [0.1, 0.15) is 28.3 Å². The van der Waals surface area contributed by atoms with E-state index in [0.717, 1.165) is 23.4 Å². The van der Waals surface area contributed by atoms with Crippen molar-refractivity contribution in [1.29, 1.82) is 0 Å². The number of carbonyl (C=O) groups excluding carboxylic acids is 1. The van der Waals surface area contributed by atoms with E-state index < -0.39 is 0 Å². The fourth-order valence-electron chi connectivity index (χ4n) is 3.08. The standard InChI is InChI=1S/C20H18N4O/c1-13-5-4-6-14(9-13)10-15-11-19(24-23-15)21-12-17-16-7-2-3-8-18(16)22-20(17)25/h2-9,11-12,17H,10H2,1H3,(H,22,25)(H,23,24). The third-order valence-electron chi connectivity index (χ3n) is 4.29. The van der Waals surface area contributed by atoms with Gasteiger partial charge in [0.1, 0.15) is 5.92 Å². The second-order valence-electron chi connectivity index (χ2n) is 6.25. The number of nitrogens with zero attached hydrogens (tertiary/aromatic N) is 2. The Bertz CT molecular complexity index is 958. The minimum absolute atomic E-state index is 0.0551. The van der Waals surface area contributed by atoms with Gasteiger partial charge in [-0.1, -0.05) is 48.0 Å². The van der Waals surface area contributed by atoms with Crippen LogP contribution < -0.4 is 5.32 Å². The van der Waals surface area contributed by atoms with E-state index in [1.54, 1.807) is 6.21 Å². The van der Waals surface area contributed by atoms with Gasteiger partial charge < -0.3 is 5.32 Å². The third-order valence-corrected chi connectivity index (χ3v) is 4.29. The molecule has 0 aliphatic carbocycles. The molecule has 5 heteroatoms. The first kappa shape index (κ1) is 15.3. The van der Waals surface area contributed by atoms with Crippen molar-refractivity contribution < 1.29 is 4.79 Å². The summed E-state index contributed by atoms with van der Waals surface area (Å²) in [5.41, 5.74) is 5.26. The molecule has 0 saturated heterocycles. The lowest BCUT2D eigenvalue weighted by atomic mass is 10.0. The molecule has 2 N–H and O–H groups in total. The summed E-state index contributed by atoms with van der Waals surface area (Å²) in [6.07, 6.45) is 2.44. The molecule has 2 aromatic carbocycles. The van der Waals surface area contributed by atoms with Crippen LogP contribution in [0.3, 0.4) is 0 Å². The van der Waals surface area contributed by atoms with Crippen LogP contribution in [-0.4, -0.2) is 22.3 Å². The molecule has 124 valence electrons. The molecular formula is C20H18N4O. The summed E-state index contributed by atoms with van der Waals surface area (Å²) in [6.45, 7) is 2.08. The maximum atomic E-state index is 12.1. The van der Waals surface area contributed by atoms with E-state index in [2.05, 4.69) is 51.7 Å². The summed E-state index contributed by atoms with van der Waals surface area (Å²) in [5.74, 6) is 0.161. The Morgan fingerprint density at radius 3 is 2.92 bits per heavy atom. The molecule has 5 nitrogen and oxygen atoms in total. The molecule has 0 saturated carbocycles. The van der Waals surface area contributed by atoms with Crippen molar-refractivity contribution in [3.05, 3.63) is 77.0 Å². The van der Waals surface area contributed by atoms with Gasteiger partial charge in [-0.15, -0.1) is 0 Å². The number of aryl methyl sites for hydroxylation is 1. The van der Waals surface area contributed by atoms with E-state index in [9.17, 15) is 4.79 Å². The number of hydrogen-bond donors (Lipinski definition) is 2. The molecule has 2 heterocycles. The van der Waals surface area contributed by atoms with Crippen LogP contribution in [0.25, 0.3) is 0 Å². The lowest BCUT2D eigenvalue weighted by Crippen LogP contribution is -2.12. The van der Waals surface area contributed by atoms with E-state index in [4.69, 9.17) is 0 Å². The van der Waals surface area contributed by atoms with Crippen LogP contribution in [0.4, 0.5) is 11.5 Å². The van der Waals surface area contributed by atoms with Gasteiger partial charge in [-0.2, -0.15) is 5.10 Å². The summed E-state index contributed by atoms with van der Waals surface area (Å²) in [5, 5.41) is 10.1. The fraction of sp³-hybridized carbons (Fsp3) is 0.150. The van der Waals surface area contributed by atoms with Gasteiger partial charge in [0.2, 0.25) is 5.91 Å². The SMILES string of the molecule is Cc1cccc(Cc2cc(N=CC3C(=O)Nc4ccccc43)n[nH]2)c1. The van der Waals surface area contributed by atoms with Crippen molar-refractivity contribution in [3.63, 3.8) is 0 Å². The van der Waals surface area contributed by atoms with Gasteiger partial charge in [-0.3, -0.25) is 9.89 Å². The van der Waals surface area contributed by atoms with Crippen molar-refractivity contribution in [3.8, 4) is 0 Å². The van der Waals surface area contributed by atoms with Crippen LogP contribution in [-0.2, 0) is 11.2 Å². The van der Waals surface area contributed by atoms with Gasteiger partial charge in [0, 0.05) is 30.1 Å². The van der Waals surface area contributed by atoms with Gasteiger partial charge in [0.05, 0.1) is 0 Å². The molecule has 3 aromatic rings. The largest absolute Gasteiger partial charge is 0.325 e. The molecule has 1 amide bonds. The van der Waals surface area contributed by atoms with E-state index >= 15 is 0 Å². The predicted molar refractivity (Wildman–Crippen MR) is 98.5 cm³/mol. The number of para-hydroxylation sites is 1. The Morgan fingerprint density at radius 1 is 1.16 bits per heavy atom. The van der Waals surface area contributed by atoms with Crippen molar-refractivity contribution in [2.45, 2.75) is 19.3 Å². The molecule has 1 atom stereocenters.